The molecule has 5 nitrogen and oxygen atoms in total. The van der Waals surface area contributed by atoms with Crippen LogP contribution < -0.4 is 4.90 Å². The SMILES string of the molecule is O=C1[C@H]2[C@@H](c3ccc(Br)cc3)N3CCCN3[C@H]2C(=O)N1c1cccc(Cl)c1. The molecule has 3 aliphatic heterocycles. The second-order valence-electron chi connectivity index (χ2n) is 7.14. The second kappa shape index (κ2) is 6.41. The molecule has 2 aromatic rings. The predicted octanol–water partition coefficient (Wildman–Crippen LogP) is 3.64. The van der Waals surface area contributed by atoms with Gasteiger partial charge in [-0.05, 0) is 42.3 Å². The highest BCUT2D eigenvalue weighted by Crippen LogP contribution is 2.49. The van der Waals surface area contributed by atoms with Crippen molar-refractivity contribution in [2.75, 3.05) is 18.0 Å². The van der Waals surface area contributed by atoms with Gasteiger partial charge in [0.25, 0.3) is 5.91 Å². The molecule has 3 aliphatic rings. The lowest BCUT2D eigenvalue weighted by molar-refractivity contribution is -0.126. The van der Waals surface area contributed by atoms with Gasteiger partial charge in [0.05, 0.1) is 17.6 Å². The van der Waals surface area contributed by atoms with E-state index >= 15 is 0 Å². The van der Waals surface area contributed by atoms with Gasteiger partial charge in [-0.1, -0.05) is 45.7 Å². The maximum Gasteiger partial charge on any atom is 0.253 e. The van der Waals surface area contributed by atoms with Crippen LogP contribution in [-0.2, 0) is 9.59 Å². The van der Waals surface area contributed by atoms with Crippen LogP contribution >= 0.6 is 27.5 Å². The fourth-order valence-electron chi connectivity index (χ4n) is 4.64. The molecule has 5 rings (SSSR count). The zero-order chi connectivity index (χ0) is 18.7. The summed E-state index contributed by atoms with van der Waals surface area (Å²) in [6.45, 7) is 1.67. The van der Waals surface area contributed by atoms with Gasteiger partial charge >= 0.3 is 0 Å². The highest BCUT2D eigenvalue weighted by atomic mass is 79.9. The Bertz CT molecular complexity index is 935. The topological polar surface area (TPSA) is 43.9 Å². The minimum absolute atomic E-state index is 0.119. The molecule has 2 amide bonds. The van der Waals surface area contributed by atoms with Crippen molar-refractivity contribution < 1.29 is 9.59 Å². The number of carbonyl (C=O) groups is 2. The van der Waals surface area contributed by atoms with Crippen molar-refractivity contribution >= 4 is 45.0 Å². The van der Waals surface area contributed by atoms with Gasteiger partial charge in [-0.15, -0.1) is 0 Å². The number of anilines is 1. The number of hydrazine groups is 1. The fourth-order valence-corrected chi connectivity index (χ4v) is 5.09. The van der Waals surface area contributed by atoms with Crippen molar-refractivity contribution in [1.29, 1.82) is 0 Å². The Kier molecular flexibility index (Phi) is 4.13. The zero-order valence-corrected chi connectivity index (χ0v) is 16.7. The van der Waals surface area contributed by atoms with Gasteiger partial charge in [-0.25, -0.2) is 14.9 Å². The van der Waals surface area contributed by atoms with E-state index in [0.29, 0.717) is 10.7 Å². The minimum Gasteiger partial charge on any atom is -0.274 e. The molecule has 0 spiro atoms. The first-order chi connectivity index (χ1) is 13.1. The van der Waals surface area contributed by atoms with E-state index in [1.165, 1.54) is 4.90 Å². The normalized spacial score (nSPS) is 28.1. The molecular weight excluding hydrogens is 430 g/mol. The molecule has 3 atom stereocenters. The number of halogens is 2. The smallest absolute Gasteiger partial charge is 0.253 e. The molecule has 0 aliphatic carbocycles. The lowest BCUT2D eigenvalue weighted by Crippen LogP contribution is -2.44. The highest BCUT2D eigenvalue weighted by molar-refractivity contribution is 9.10. The number of amides is 2. The summed E-state index contributed by atoms with van der Waals surface area (Å²) >= 11 is 9.56. The summed E-state index contributed by atoms with van der Waals surface area (Å²) < 4.78 is 0.994. The number of fused-ring (bicyclic) bond motifs is 3. The van der Waals surface area contributed by atoms with Crippen molar-refractivity contribution in [3.05, 3.63) is 63.6 Å². The first-order valence-corrected chi connectivity index (χ1v) is 10.2. The van der Waals surface area contributed by atoms with Gasteiger partial charge in [0, 0.05) is 22.6 Å². The Labute approximate surface area is 170 Å². The van der Waals surface area contributed by atoms with Gasteiger partial charge in [-0.3, -0.25) is 9.59 Å². The summed E-state index contributed by atoms with van der Waals surface area (Å²) in [5.41, 5.74) is 1.61. The molecule has 7 heteroatoms. The monoisotopic (exact) mass is 445 g/mol. The molecule has 3 saturated heterocycles. The van der Waals surface area contributed by atoms with Crippen LogP contribution in [0.15, 0.2) is 53.0 Å². The summed E-state index contributed by atoms with van der Waals surface area (Å²) in [7, 11) is 0. The summed E-state index contributed by atoms with van der Waals surface area (Å²) in [6, 6.07) is 14.4. The molecule has 0 N–H and O–H groups in total. The number of benzene rings is 2. The Balaban J connectivity index is 1.59. The van der Waals surface area contributed by atoms with Gasteiger partial charge in [0.2, 0.25) is 5.91 Å². The van der Waals surface area contributed by atoms with Crippen LogP contribution in [0.4, 0.5) is 5.69 Å². The van der Waals surface area contributed by atoms with Crippen molar-refractivity contribution in [2.24, 2.45) is 5.92 Å². The molecule has 0 saturated carbocycles. The predicted molar refractivity (Wildman–Crippen MR) is 106 cm³/mol. The third-order valence-electron chi connectivity index (χ3n) is 5.68. The average molecular weight is 447 g/mol. The number of hydrogen-bond acceptors (Lipinski definition) is 4. The third kappa shape index (κ3) is 2.58. The van der Waals surface area contributed by atoms with E-state index in [1.807, 2.05) is 24.3 Å². The maximum absolute atomic E-state index is 13.4. The molecule has 0 unspecified atom stereocenters. The molecule has 0 aromatic heterocycles. The summed E-state index contributed by atoms with van der Waals surface area (Å²) in [5, 5.41) is 4.82. The van der Waals surface area contributed by atoms with Crippen molar-refractivity contribution in [2.45, 2.75) is 18.5 Å². The Morgan fingerprint density at radius 2 is 1.63 bits per heavy atom. The van der Waals surface area contributed by atoms with E-state index < -0.39 is 12.0 Å². The standard InChI is InChI=1S/C20H17BrClN3O2/c21-13-7-5-12(6-8-13)17-16-18(24-10-2-9-23(17)24)20(27)25(19(16)26)15-4-1-3-14(22)11-15/h1,3-8,11,16-18H,2,9-10H2/t16-,17+,18+/m0/s1. The van der Waals surface area contributed by atoms with E-state index in [2.05, 4.69) is 25.9 Å². The molecule has 2 aromatic carbocycles. The number of nitrogens with zero attached hydrogens (tertiary/aromatic N) is 3. The molecule has 3 fully saturated rings. The van der Waals surface area contributed by atoms with E-state index in [1.54, 1.807) is 24.3 Å². The van der Waals surface area contributed by atoms with Gasteiger partial charge in [-0.2, -0.15) is 0 Å². The van der Waals surface area contributed by atoms with Crippen molar-refractivity contribution in [3.8, 4) is 0 Å². The zero-order valence-electron chi connectivity index (χ0n) is 14.4. The summed E-state index contributed by atoms with van der Waals surface area (Å²) in [4.78, 5) is 28.0. The summed E-state index contributed by atoms with van der Waals surface area (Å²) in [6.07, 6.45) is 0.995. The van der Waals surface area contributed by atoms with Crippen molar-refractivity contribution in [1.82, 2.24) is 10.0 Å². The van der Waals surface area contributed by atoms with Gasteiger partial charge in [0.15, 0.2) is 0 Å². The largest absolute Gasteiger partial charge is 0.274 e. The van der Waals surface area contributed by atoms with Crippen LogP contribution in [-0.4, -0.2) is 41.0 Å². The molecule has 27 heavy (non-hydrogen) atoms. The molecule has 0 radical (unpaired) electrons. The molecule has 138 valence electrons. The van der Waals surface area contributed by atoms with Crippen LogP contribution in [0.5, 0.6) is 0 Å². The summed E-state index contributed by atoms with van der Waals surface area (Å²) in [5.74, 6) is -0.702. The first kappa shape index (κ1) is 17.4. The van der Waals surface area contributed by atoms with Crippen LogP contribution in [0.3, 0.4) is 0 Å². The van der Waals surface area contributed by atoms with Crippen LogP contribution in [0.2, 0.25) is 5.02 Å². The van der Waals surface area contributed by atoms with E-state index in [4.69, 9.17) is 11.6 Å². The fraction of sp³-hybridized carbons (Fsp3) is 0.300. The van der Waals surface area contributed by atoms with Crippen LogP contribution in [0.1, 0.15) is 18.0 Å². The number of carbonyl (C=O) groups excluding carboxylic acids is 2. The van der Waals surface area contributed by atoms with Gasteiger partial charge < -0.3 is 0 Å². The maximum atomic E-state index is 13.4. The van der Waals surface area contributed by atoms with Gasteiger partial charge in [0.1, 0.15) is 6.04 Å². The molecule has 3 heterocycles. The van der Waals surface area contributed by atoms with Crippen molar-refractivity contribution in [3.63, 3.8) is 0 Å². The Morgan fingerprint density at radius 1 is 0.926 bits per heavy atom. The number of imide groups is 1. The second-order valence-corrected chi connectivity index (χ2v) is 8.49. The highest BCUT2D eigenvalue weighted by Gasteiger charge is 2.62. The third-order valence-corrected chi connectivity index (χ3v) is 6.45. The number of hydrogen-bond donors (Lipinski definition) is 0. The molecule has 0 bridgehead atoms. The minimum atomic E-state index is -0.437. The Morgan fingerprint density at radius 3 is 2.33 bits per heavy atom. The van der Waals surface area contributed by atoms with Crippen LogP contribution in [0.25, 0.3) is 0 Å². The number of rotatable bonds is 2. The van der Waals surface area contributed by atoms with E-state index in [9.17, 15) is 9.59 Å². The quantitative estimate of drug-likeness (QED) is 0.661. The lowest BCUT2D eigenvalue weighted by Gasteiger charge is -2.29. The molecular formula is C20H17BrClN3O2. The van der Waals surface area contributed by atoms with E-state index in [0.717, 1.165) is 29.5 Å². The average Bonchev–Trinajstić information content (AvgIpc) is 3.28. The first-order valence-electron chi connectivity index (χ1n) is 8.98. The lowest BCUT2D eigenvalue weighted by atomic mass is 9.90. The Hall–Kier alpha value is -1.73. The van der Waals surface area contributed by atoms with E-state index in [-0.39, 0.29) is 17.9 Å². The van der Waals surface area contributed by atoms with Crippen LogP contribution in [0, 0.1) is 5.92 Å².